The molecule has 3 rings (SSSR count). The van der Waals surface area contributed by atoms with Crippen LogP contribution in [0.1, 0.15) is 18.2 Å². The SMILES string of the molecule is CCc1cc(C)cc(-n2[c-]nc3ccccc32)n1.[Ir]. The van der Waals surface area contributed by atoms with Gasteiger partial charge in [0.1, 0.15) is 0 Å². The summed E-state index contributed by atoms with van der Waals surface area (Å²) in [5.41, 5.74) is 4.29. The van der Waals surface area contributed by atoms with Crippen LogP contribution in [-0.4, -0.2) is 14.5 Å². The number of hydrogen-bond acceptors (Lipinski definition) is 2. The first-order valence-electron chi connectivity index (χ1n) is 6.11. The monoisotopic (exact) mass is 429 g/mol. The smallest absolute Gasteiger partial charge is 0.0558 e. The average molecular weight is 429 g/mol. The number of benzene rings is 1. The van der Waals surface area contributed by atoms with Gasteiger partial charge < -0.3 is 9.55 Å². The summed E-state index contributed by atoms with van der Waals surface area (Å²) in [5.74, 6) is 0.889. The molecule has 3 aromatic rings. The van der Waals surface area contributed by atoms with E-state index in [1.165, 1.54) is 5.56 Å². The minimum Gasteiger partial charge on any atom is -0.411 e. The summed E-state index contributed by atoms with van der Waals surface area (Å²) < 4.78 is 1.92. The molecule has 0 saturated heterocycles. The van der Waals surface area contributed by atoms with E-state index in [-0.39, 0.29) is 20.1 Å². The molecule has 2 heterocycles. The van der Waals surface area contributed by atoms with Crippen LogP contribution >= 0.6 is 0 Å². The van der Waals surface area contributed by atoms with Crippen molar-refractivity contribution in [1.29, 1.82) is 0 Å². The number of imidazole rings is 1. The van der Waals surface area contributed by atoms with Crippen molar-refractivity contribution in [2.45, 2.75) is 20.3 Å². The second-order valence-electron chi connectivity index (χ2n) is 4.38. The van der Waals surface area contributed by atoms with Crippen molar-refractivity contribution in [2.75, 3.05) is 0 Å². The summed E-state index contributed by atoms with van der Waals surface area (Å²) in [5, 5.41) is 0. The molecule has 1 radical (unpaired) electrons. The number of aryl methyl sites for hydroxylation is 2. The van der Waals surface area contributed by atoms with Gasteiger partial charge in [-0.1, -0.05) is 48.3 Å². The molecular formula is C15H14IrN3-. The molecule has 0 bridgehead atoms. The zero-order chi connectivity index (χ0) is 12.5. The number of fused-ring (bicyclic) bond motifs is 1. The fourth-order valence-electron chi connectivity index (χ4n) is 2.10. The molecule has 0 atom stereocenters. The van der Waals surface area contributed by atoms with Crippen LogP contribution < -0.4 is 0 Å². The van der Waals surface area contributed by atoms with Crippen molar-refractivity contribution in [1.82, 2.24) is 14.5 Å². The summed E-state index contributed by atoms with van der Waals surface area (Å²) >= 11 is 0. The molecule has 0 unspecified atom stereocenters. The molecule has 0 aliphatic rings. The van der Waals surface area contributed by atoms with Gasteiger partial charge >= 0.3 is 0 Å². The maximum atomic E-state index is 4.64. The van der Waals surface area contributed by atoms with Crippen LogP contribution in [0.25, 0.3) is 16.9 Å². The second-order valence-corrected chi connectivity index (χ2v) is 4.38. The normalized spacial score (nSPS) is 10.4. The first-order valence-corrected chi connectivity index (χ1v) is 6.11. The van der Waals surface area contributed by atoms with Crippen molar-refractivity contribution in [3.8, 4) is 5.82 Å². The van der Waals surface area contributed by atoms with E-state index >= 15 is 0 Å². The Hall–Kier alpha value is -1.51. The molecular weight excluding hydrogens is 414 g/mol. The Balaban J connectivity index is 0.00000133. The zero-order valence-corrected chi connectivity index (χ0v) is 13.2. The molecule has 2 aromatic heterocycles. The van der Waals surface area contributed by atoms with E-state index in [1.54, 1.807) is 0 Å². The third-order valence-electron chi connectivity index (χ3n) is 2.99. The number of rotatable bonds is 2. The molecule has 19 heavy (non-hydrogen) atoms. The minimum absolute atomic E-state index is 0. The maximum Gasteiger partial charge on any atom is 0.0558 e. The van der Waals surface area contributed by atoms with Gasteiger partial charge in [0.25, 0.3) is 0 Å². The maximum absolute atomic E-state index is 4.64. The molecule has 4 heteroatoms. The molecule has 0 N–H and O–H groups in total. The summed E-state index contributed by atoms with van der Waals surface area (Å²) in [6.45, 7) is 4.20. The van der Waals surface area contributed by atoms with Crippen molar-refractivity contribution in [2.24, 2.45) is 0 Å². The van der Waals surface area contributed by atoms with Crippen LogP contribution in [0.15, 0.2) is 36.4 Å². The first-order chi connectivity index (χ1) is 8.78. The Morgan fingerprint density at radius 3 is 2.79 bits per heavy atom. The van der Waals surface area contributed by atoms with Crippen LogP contribution in [0.5, 0.6) is 0 Å². The van der Waals surface area contributed by atoms with Crippen molar-refractivity contribution >= 4 is 11.0 Å². The van der Waals surface area contributed by atoms with Gasteiger partial charge in [0.15, 0.2) is 0 Å². The van der Waals surface area contributed by atoms with Gasteiger partial charge in [-0.3, -0.25) is 4.98 Å². The van der Waals surface area contributed by atoms with Gasteiger partial charge in [0.2, 0.25) is 0 Å². The number of para-hydroxylation sites is 2. The standard InChI is InChI=1S/C15H14N3.Ir/c1-3-12-8-11(2)9-15(17-12)18-10-16-13-6-4-5-7-14(13)18;/h4-9H,3H2,1-2H3;/q-1;. The number of nitrogens with zero attached hydrogens (tertiary/aromatic N) is 3. The van der Waals surface area contributed by atoms with Gasteiger partial charge in [-0.15, -0.1) is 0 Å². The fraction of sp³-hybridized carbons (Fsp3) is 0.200. The van der Waals surface area contributed by atoms with Crippen molar-refractivity contribution in [3.63, 3.8) is 0 Å². The van der Waals surface area contributed by atoms with E-state index in [1.807, 2.05) is 28.8 Å². The fourth-order valence-corrected chi connectivity index (χ4v) is 2.10. The summed E-state index contributed by atoms with van der Waals surface area (Å²) in [6, 6.07) is 12.2. The van der Waals surface area contributed by atoms with Gasteiger partial charge in [-0.05, 0) is 24.9 Å². The Morgan fingerprint density at radius 2 is 2.00 bits per heavy atom. The minimum atomic E-state index is 0. The predicted octanol–water partition coefficient (Wildman–Crippen LogP) is 3.09. The van der Waals surface area contributed by atoms with Crippen LogP contribution in [0, 0.1) is 13.3 Å². The summed E-state index contributed by atoms with van der Waals surface area (Å²) in [4.78, 5) is 8.91. The topological polar surface area (TPSA) is 30.7 Å². The van der Waals surface area contributed by atoms with E-state index in [0.29, 0.717) is 0 Å². The zero-order valence-electron chi connectivity index (χ0n) is 10.8. The van der Waals surface area contributed by atoms with E-state index in [0.717, 1.165) is 29.0 Å². The van der Waals surface area contributed by atoms with Gasteiger partial charge in [-0.25, -0.2) is 0 Å². The Labute approximate surface area is 126 Å². The molecule has 3 nitrogen and oxygen atoms in total. The van der Waals surface area contributed by atoms with Gasteiger partial charge in [0, 0.05) is 32.1 Å². The van der Waals surface area contributed by atoms with Crippen LogP contribution in [0.3, 0.4) is 0 Å². The molecule has 0 amide bonds. The van der Waals surface area contributed by atoms with Crippen LogP contribution in [0.2, 0.25) is 0 Å². The van der Waals surface area contributed by atoms with Crippen molar-refractivity contribution in [3.05, 3.63) is 54.0 Å². The van der Waals surface area contributed by atoms with Gasteiger partial charge in [0.05, 0.1) is 5.82 Å². The number of hydrogen-bond donors (Lipinski definition) is 0. The van der Waals surface area contributed by atoms with E-state index in [2.05, 4.69) is 42.3 Å². The average Bonchev–Trinajstić information content (AvgIpc) is 2.81. The molecule has 0 spiro atoms. The third kappa shape index (κ3) is 2.60. The van der Waals surface area contributed by atoms with E-state index < -0.39 is 0 Å². The summed E-state index contributed by atoms with van der Waals surface area (Å²) in [7, 11) is 0. The van der Waals surface area contributed by atoms with Crippen molar-refractivity contribution < 1.29 is 20.1 Å². The quantitative estimate of drug-likeness (QED) is 0.588. The second kappa shape index (κ2) is 5.64. The molecule has 0 aliphatic carbocycles. The van der Waals surface area contributed by atoms with Crippen LogP contribution in [0.4, 0.5) is 0 Å². The van der Waals surface area contributed by atoms with Crippen LogP contribution in [-0.2, 0) is 26.5 Å². The molecule has 0 aliphatic heterocycles. The Bertz CT molecular complexity index is 703. The largest absolute Gasteiger partial charge is 0.411 e. The first kappa shape index (κ1) is 13.9. The molecule has 0 fully saturated rings. The Morgan fingerprint density at radius 1 is 1.21 bits per heavy atom. The third-order valence-corrected chi connectivity index (χ3v) is 2.99. The van der Waals surface area contributed by atoms with E-state index in [4.69, 9.17) is 0 Å². The van der Waals surface area contributed by atoms with E-state index in [9.17, 15) is 0 Å². The number of pyridine rings is 1. The molecule has 0 saturated carbocycles. The molecule has 99 valence electrons. The summed E-state index contributed by atoms with van der Waals surface area (Å²) in [6.07, 6.45) is 3.94. The molecule has 1 aromatic carbocycles. The Kier molecular flexibility index (Phi) is 4.13. The number of aromatic nitrogens is 3. The van der Waals surface area contributed by atoms with Gasteiger partial charge in [-0.2, -0.15) is 0 Å². The predicted molar refractivity (Wildman–Crippen MR) is 71.8 cm³/mol.